The van der Waals surface area contributed by atoms with Crippen molar-refractivity contribution < 1.29 is 18.0 Å². The van der Waals surface area contributed by atoms with Gasteiger partial charge in [-0.05, 0) is 25.0 Å². The van der Waals surface area contributed by atoms with Crippen LogP contribution in [0.1, 0.15) is 33.6 Å². The van der Waals surface area contributed by atoms with E-state index in [1.165, 1.54) is 16.4 Å². The summed E-state index contributed by atoms with van der Waals surface area (Å²) in [6.45, 7) is 7.73. The highest BCUT2D eigenvalue weighted by molar-refractivity contribution is 7.89. The molecule has 2 aliphatic heterocycles. The van der Waals surface area contributed by atoms with Gasteiger partial charge in [-0.1, -0.05) is 50.0 Å². The molecule has 31 heavy (non-hydrogen) atoms. The van der Waals surface area contributed by atoms with Crippen LogP contribution in [0.2, 0.25) is 10.0 Å². The predicted molar refractivity (Wildman–Crippen MR) is 121 cm³/mol. The minimum Gasteiger partial charge on any atom is -0.341 e. The molecule has 0 aliphatic carbocycles. The van der Waals surface area contributed by atoms with E-state index in [1.54, 1.807) is 15.9 Å². The Labute approximate surface area is 194 Å². The molecule has 1 aromatic carbocycles. The van der Waals surface area contributed by atoms with E-state index >= 15 is 0 Å². The lowest BCUT2D eigenvalue weighted by Crippen LogP contribution is -2.54. The summed E-state index contributed by atoms with van der Waals surface area (Å²) in [5.74, 6) is -0.200. The third-order valence-electron chi connectivity index (χ3n) is 5.78. The molecule has 1 aromatic rings. The fourth-order valence-electron chi connectivity index (χ4n) is 4.07. The molecule has 0 saturated carbocycles. The number of hydrogen-bond donors (Lipinski definition) is 0. The summed E-state index contributed by atoms with van der Waals surface area (Å²) in [7, 11) is -3.80. The number of halogens is 2. The number of carbonyl (C=O) groups excluding carboxylic acids is 2. The summed E-state index contributed by atoms with van der Waals surface area (Å²) < 4.78 is 27.3. The molecule has 3 rings (SSSR count). The minimum atomic E-state index is -3.80. The molecule has 2 amide bonds. The Hall–Kier alpha value is -1.35. The first-order valence-electron chi connectivity index (χ1n) is 10.5. The first-order chi connectivity index (χ1) is 14.4. The lowest BCUT2D eigenvalue weighted by molar-refractivity contribution is -0.145. The van der Waals surface area contributed by atoms with Gasteiger partial charge in [0.2, 0.25) is 21.8 Å². The van der Waals surface area contributed by atoms with Gasteiger partial charge >= 0.3 is 0 Å². The van der Waals surface area contributed by atoms with Crippen LogP contribution in [0.5, 0.6) is 0 Å². The summed E-state index contributed by atoms with van der Waals surface area (Å²) in [4.78, 5) is 29.2. The lowest BCUT2D eigenvalue weighted by Gasteiger charge is -2.40. The van der Waals surface area contributed by atoms with Gasteiger partial charge in [0, 0.05) is 44.7 Å². The Balaban J connectivity index is 1.63. The number of nitrogens with zero attached hydrogens (tertiary/aromatic N) is 3. The zero-order valence-corrected chi connectivity index (χ0v) is 20.4. The Kier molecular flexibility index (Phi) is 7.25. The zero-order chi connectivity index (χ0) is 23.0. The van der Waals surface area contributed by atoms with Crippen molar-refractivity contribution in [2.24, 2.45) is 11.3 Å². The van der Waals surface area contributed by atoms with E-state index in [0.29, 0.717) is 26.2 Å². The molecule has 1 unspecified atom stereocenters. The molecule has 1 atom stereocenters. The molecule has 0 N–H and O–H groups in total. The van der Waals surface area contributed by atoms with Gasteiger partial charge < -0.3 is 9.80 Å². The van der Waals surface area contributed by atoms with Crippen LogP contribution >= 0.6 is 23.2 Å². The maximum Gasteiger partial charge on any atom is 0.244 e. The number of piperazine rings is 1. The normalized spacial score (nSPS) is 21.3. The zero-order valence-electron chi connectivity index (χ0n) is 18.1. The van der Waals surface area contributed by atoms with Crippen LogP contribution in [0.15, 0.2) is 23.1 Å². The summed E-state index contributed by atoms with van der Waals surface area (Å²) in [5.41, 5.74) is -0.480. The highest BCUT2D eigenvalue weighted by atomic mass is 35.5. The van der Waals surface area contributed by atoms with Gasteiger partial charge in [0.25, 0.3) is 0 Å². The summed E-state index contributed by atoms with van der Waals surface area (Å²) in [6.07, 6.45) is 1.53. The maximum absolute atomic E-state index is 13.1. The smallest absolute Gasteiger partial charge is 0.244 e. The van der Waals surface area contributed by atoms with Gasteiger partial charge in [-0.25, -0.2) is 8.42 Å². The van der Waals surface area contributed by atoms with Crippen LogP contribution in [0, 0.1) is 11.3 Å². The molecule has 2 aliphatic rings. The molecule has 0 aromatic heterocycles. The second-order valence-electron chi connectivity index (χ2n) is 9.12. The van der Waals surface area contributed by atoms with Crippen molar-refractivity contribution in [3.63, 3.8) is 0 Å². The highest BCUT2D eigenvalue weighted by Gasteiger charge is 2.37. The monoisotopic (exact) mass is 489 g/mol. The second-order valence-corrected chi connectivity index (χ2v) is 11.8. The summed E-state index contributed by atoms with van der Waals surface area (Å²) in [6, 6.07) is 4.52. The number of likely N-dealkylation sites (tertiary alicyclic amines) is 1. The molecule has 0 spiro atoms. The van der Waals surface area contributed by atoms with Crippen molar-refractivity contribution in [2.75, 3.05) is 39.3 Å². The Morgan fingerprint density at radius 1 is 1.00 bits per heavy atom. The van der Waals surface area contributed by atoms with E-state index in [9.17, 15) is 18.0 Å². The van der Waals surface area contributed by atoms with Crippen molar-refractivity contribution in [1.29, 1.82) is 0 Å². The van der Waals surface area contributed by atoms with Gasteiger partial charge in [0.05, 0.1) is 16.0 Å². The lowest BCUT2D eigenvalue weighted by atomic mass is 9.90. The SMILES string of the molecule is CC(C)(C)C(=O)N1CCCC(C(=O)N2CCN(S(=O)(=O)c3cccc(Cl)c3Cl)CC2)C1. The van der Waals surface area contributed by atoms with Gasteiger partial charge in [0.1, 0.15) is 4.90 Å². The quantitative estimate of drug-likeness (QED) is 0.653. The third-order valence-corrected chi connectivity index (χ3v) is 8.66. The van der Waals surface area contributed by atoms with E-state index in [1.807, 2.05) is 20.8 Å². The minimum absolute atomic E-state index is 0.00786. The largest absolute Gasteiger partial charge is 0.341 e. The molecule has 10 heteroatoms. The van der Waals surface area contributed by atoms with Crippen LogP contribution in [-0.2, 0) is 19.6 Å². The average molecular weight is 490 g/mol. The van der Waals surface area contributed by atoms with Crippen LogP contribution in [-0.4, -0.2) is 73.6 Å². The van der Waals surface area contributed by atoms with Gasteiger partial charge in [-0.2, -0.15) is 4.31 Å². The maximum atomic E-state index is 13.1. The van der Waals surface area contributed by atoms with E-state index in [-0.39, 0.29) is 45.8 Å². The fraction of sp³-hybridized carbons (Fsp3) is 0.619. The average Bonchev–Trinajstić information content (AvgIpc) is 2.74. The van der Waals surface area contributed by atoms with E-state index in [0.717, 1.165) is 12.8 Å². The summed E-state index contributed by atoms with van der Waals surface area (Å²) >= 11 is 12.1. The van der Waals surface area contributed by atoms with Gasteiger partial charge in [-0.3, -0.25) is 9.59 Å². The van der Waals surface area contributed by atoms with Crippen LogP contribution in [0.4, 0.5) is 0 Å². The number of sulfonamides is 1. The molecular weight excluding hydrogens is 461 g/mol. The third kappa shape index (κ3) is 5.18. The standard InChI is InChI=1S/C21H29Cl2N3O4S/c1-21(2,3)20(28)25-9-5-6-15(14-25)19(27)24-10-12-26(13-11-24)31(29,30)17-8-4-7-16(22)18(17)23/h4,7-8,15H,5-6,9-14H2,1-3H3. The molecule has 0 radical (unpaired) electrons. The number of piperidine rings is 1. The second kappa shape index (κ2) is 9.25. The van der Waals surface area contributed by atoms with Gasteiger partial charge in [-0.15, -0.1) is 0 Å². The van der Waals surface area contributed by atoms with Crippen molar-refractivity contribution >= 4 is 45.0 Å². The van der Waals surface area contributed by atoms with Crippen LogP contribution < -0.4 is 0 Å². The number of amides is 2. The predicted octanol–water partition coefficient (Wildman–Crippen LogP) is 3.11. The molecule has 7 nitrogen and oxygen atoms in total. The first-order valence-corrected chi connectivity index (χ1v) is 12.6. The fourth-order valence-corrected chi connectivity index (χ4v) is 6.23. The van der Waals surface area contributed by atoms with Crippen molar-refractivity contribution in [2.45, 2.75) is 38.5 Å². The van der Waals surface area contributed by atoms with E-state index in [4.69, 9.17) is 23.2 Å². The number of benzene rings is 1. The van der Waals surface area contributed by atoms with Crippen LogP contribution in [0.25, 0.3) is 0 Å². The van der Waals surface area contributed by atoms with E-state index < -0.39 is 15.4 Å². The Morgan fingerprint density at radius 3 is 2.26 bits per heavy atom. The molecular formula is C21H29Cl2N3O4S. The molecule has 172 valence electrons. The topological polar surface area (TPSA) is 78.0 Å². The Bertz CT molecular complexity index is 954. The highest BCUT2D eigenvalue weighted by Crippen LogP contribution is 2.31. The summed E-state index contributed by atoms with van der Waals surface area (Å²) in [5, 5.41) is 0.191. The Morgan fingerprint density at radius 2 is 1.65 bits per heavy atom. The van der Waals surface area contributed by atoms with E-state index in [2.05, 4.69) is 0 Å². The molecule has 2 heterocycles. The van der Waals surface area contributed by atoms with Gasteiger partial charge in [0.15, 0.2) is 0 Å². The molecule has 0 bridgehead atoms. The number of carbonyl (C=O) groups is 2. The number of rotatable bonds is 3. The van der Waals surface area contributed by atoms with Crippen molar-refractivity contribution in [1.82, 2.24) is 14.1 Å². The first kappa shape index (κ1) is 24.3. The number of hydrogen-bond acceptors (Lipinski definition) is 4. The molecule has 2 fully saturated rings. The van der Waals surface area contributed by atoms with Crippen molar-refractivity contribution in [3.05, 3.63) is 28.2 Å². The van der Waals surface area contributed by atoms with Crippen LogP contribution in [0.3, 0.4) is 0 Å². The van der Waals surface area contributed by atoms with Crippen molar-refractivity contribution in [3.8, 4) is 0 Å². The molecule has 2 saturated heterocycles.